The monoisotopic (exact) mass is 439 g/mol. The molecule has 2 fully saturated rings. The van der Waals surface area contributed by atoms with Gasteiger partial charge in [0.1, 0.15) is 0 Å². The van der Waals surface area contributed by atoms with Gasteiger partial charge in [-0.15, -0.1) is 11.3 Å². The molecule has 3 rings (SSSR count). The van der Waals surface area contributed by atoms with Gasteiger partial charge in [0.25, 0.3) is 0 Å². The van der Waals surface area contributed by atoms with Gasteiger partial charge in [0.2, 0.25) is 11.8 Å². The fourth-order valence-electron chi connectivity index (χ4n) is 3.54. The maximum absolute atomic E-state index is 12.7. The third-order valence-electron chi connectivity index (χ3n) is 5.18. The fraction of sp³-hybridized carbons (Fsp3) is 0.579. The lowest BCUT2D eigenvalue weighted by molar-refractivity contribution is -0.138. The fourth-order valence-corrected chi connectivity index (χ4v) is 4.87. The van der Waals surface area contributed by atoms with Crippen LogP contribution >= 0.6 is 27.3 Å². The number of nitrogens with zero attached hydrogens (tertiary/aromatic N) is 3. The van der Waals surface area contributed by atoms with Crippen molar-refractivity contribution in [3.05, 3.63) is 26.9 Å². The third kappa shape index (κ3) is 4.96. The number of likely N-dealkylation sites (tertiary alicyclic amines) is 1. The van der Waals surface area contributed by atoms with Crippen molar-refractivity contribution in [2.45, 2.75) is 32.2 Å². The predicted molar refractivity (Wildman–Crippen MR) is 109 cm³/mol. The second-order valence-electron chi connectivity index (χ2n) is 6.90. The molecule has 1 aromatic heterocycles. The average Bonchev–Trinajstić information content (AvgIpc) is 3.11. The molecule has 1 aromatic rings. The smallest absolute Gasteiger partial charge is 0.246 e. The van der Waals surface area contributed by atoms with Gasteiger partial charge in [-0.3, -0.25) is 14.5 Å². The molecule has 0 radical (unpaired) electrons. The molecule has 7 heteroatoms. The molecular formula is C19H26BrN3O2S. The number of piperazine rings is 1. The molecule has 5 nitrogen and oxygen atoms in total. The highest BCUT2D eigenvalue weighted by atomic mass is 79.9. The van der Waals surface area contributed by atoms with Crippen molar-refractivity contribution in [2.75, 3.05) is 39.3 Å². The zero-order valence-electron chi connectivity index (χ0n) is 15.2. The first-order valence-corrected chi connectivity index (χ1v) is 10.9. The van der Waals surface area contributed by atoms with Gasteiger partial charge in [-0.1, -0.05) is 0 Å². The topological polar surface area (TPSA) is 43.9 Å². The van der Waals surface area contributed by atoms with Gasteiger partial charge in [-0.25, -0.2) is 0 Å². The lowest BCUT2D eigenvalue weighted by Crippen LogP contribution is -2.55. The number of hydrogen-bond donors (Lipinski definition) is 0. The summed E-state index contributed by atoms with van der Waals surface area (Å²) < 4.78 is 1.06. The summed E-state index contributed by atoms with van der Waals surface area (Å²) >= 11 is 5.04. The van der Waals surface area contributed by atoms with Gasteiger partial charge in [0.05, 0.1) is 9.83 Å². The zero-order valence-corrected chi connectivity index (χ0v) is 17.6. The van der Waals surface area contributed by atoms with E-state index in [1.807, 2.05) is 34.9 Å². The highest BCUT2D eigenvalue weighted by Gasteiger charge is 2.30. The summed E-state index contributed by atoms with van der Waals surface area (Å²) in [5, 5.41) is 0. The molecule has 2 aliphatic rings. The number of carbonyl (C=O) groups is 2. The van der Waals surface area contributed by atoms with E-state index in [0.29, 0.717) is 13.1 Å². The minimum absolute atomic E-state index is 0.0455. The quantitative estimate of drug-likeness (QED) is 0.676. The number of rotatable bonds is 4. The summed E-state index contributed by atoms with van der Waals surface area (Å²) in [6, 6.07) is 3.88. The van der Waals surface area contributed by atoms with Crippen LogP contribution in [-0.2, 0) is 9.59 Å². The minimum Gasteiger partial charge on any atom is -0.341 e. The van der Waals surface area contributed by atoms with Gasteiger partial charge in [-0.2, -0.15) is 0 Å². The largest absolute Gasteiger partial charge is 0.341 e. The summed E-state index contributed by atoms with van der Waals surface area (Å²) in [6.45, 7) is 6.65. The Bertz CT molecular complexity index is 661. The van der Waals surface area contributed by atoms with Crippen LogP contribution in [0, 0.1) is 0 Å². The molecule has 1 unspecified atom stereocenters. The zero-order chi connectivity index (χ0) is 18.5. The van der Waals surface area contributed by atoms with Gasteiger partial charge >= 0.3 is 0 Å². The van der Waals surface area contributed by atoms with Crippen molar-refractivity contribution in [2.24, 2.45) is 0 Å². The van der Waals surface area contributed by atoms with Gasteiger partial charge in [0, 0.05) is 50.2 Å². The van der Waals surface area contributed by atoms with Crippen LogP contribution in [0.5, 0.6) is 0 Å². The van der Waals surface area contributed by atoms with E-state index in [9.17, 15) is 9.59 Å². The molecule has 0 aliphatic carbocycles. The lowest BCUT2D eigenvalue weighted by Gasteiger charge is -2.39. The van der Waals surface area contributed by atoms with Crippen LogP contribution < -0.4 is 0 Å². The van der Waals surface area contributed by atoms with E-state index in [1.54, 1.807) is 17.4 Å². The number of thiophene rings is 1. The number of piperidine rings is 1. The maximum atomic E-state index is 12.7. The summed E-state index contributed by atoms with van der Waals surface area (Å²) in [7, 11) is 0. The Morgan fingerprint density at radius 1 is 1.04 bits per heavy atom. The van der Waals surface area contributed by atoms with Crippen molar-refractivity contribution >= 4 is 45.2 Å². The number of amides is 2. The Balaban J connectivity index is 1.47. The van der Waals surface area contributed by atoms with Crippen LogP contribution in [0.2, 0.25) is 0 Å². The second kappa shape index (κ2) is 9.15. The predicted octanol–water partition coefficient (Wildman–Crippen LogP) is 3.07. The Morgan fingerprint density at radius 2 is 1.73 bits per heavy atom. The summed E-state index contributed by atoms with van der Waals surface area (Å²) in [6.07, 6.45) is 6.99. The first-order valence-electron chi connectivity index (χ1n) is 9.30. The Morgan fingerprint density at radius 3 is 2.35 bits per heavy atom. The van der Waals surface area contributed by atoms with E-state index in [0.717, 1.165) is 47.7 Å². The molecule has 3 heterocycles. The molecule has 2 aliphatic heterocycles. The van der Waals surface area contributed by atoms with E-state index in [-0.39, 0.29) is 17.9 Å². The van der Waals surface area contributed by atoms with E-state index < -0.39 is 0 Å². The third-order valence-corrected chi connectivity index (χ3v) is 6.77. The van der Waals surface area contributed by atoms with Crippen molar-refractivity contribution in [3.63, 3.8) is 0 Å². The first-order chi connectivity index (χ1) is 12.5. The molecule has 2 amide bonds. The van der Waals surface area contributed by atoms with Gasteiger partial charge in [-0.05, 0) is 60.3 Å². The molecule has 0 bridgehead atoms. The van der Waals surface area contributed by atoms with Crippen LogP contribution in [0.1, 0.15) is 31.1 Å². The molecular weight excluding hydrogens is 414 g/mol. The molecule has 0 saturated carbocycles. The molecule has 0 aromatic carbocycles. The molecule has 0 N–H and O–H groups in total. The highest BCUT2D eigenvalue weighted by Crippen LogP contribution is 2.23. The van der Waals surface area contributed by atoms with Gasteiger partial charge in [0.15, 0.2) is 0 Å². The number of hydrogen-bond acceptors (Lipinski definition) is 4. The molecule has 1 atom stereocenters. The normalized spacial score (nSPS) is 20.5. The standard InChI is InChI=1S/C19H26BrN3O2S/c1-15(19(25)23-9-3-2-4-10-23)21-11-13-22(14-12-21)18(24)8-6-16-5-7-17(20)26-16/h5-8,15H,2-4,9-14H2,1H3. The van der Waals surface area contributed by atoms with Crippen LogP contribution in [0.25, 0.3) is 6.08 Å². The van der Waals surface area contributed by atoms with Crippen LogP contribution in [0.3, 0.4) is 0 Å². The summed E-state index contributed by atoms with van der Waals surface area (Å²) in [5.41, 5.74) is 0. The molecule has 26 heavy (non-hydrogen) atoms. The minimum atomic E-state index is -0.0932. The van der Waals surface area contributed by atoms with Crippen LogP contribution in [0.4, 0.5) is 0 Å². The van der Waals surface area contributed by atoms with E-state index in [4.69, 9.17) is 0 Å². The van der Waals surface area contributed by atoms with Crippen LogP contribution in [0.15, 0.2) is 22.0 Å². The van der Waals surface area contributed by atoms with E-state index >= 15 is 0 Å². The van der Waals surface area contributed by atoms with Crippen molar-refractivity contribution in [1.82, 2.24) is 14.7 Å². The molecule has 142 valence electrons. The second-order valence-corrected chi connectivity index (χ2v) is 9.39. The van der Waals surface area contributed by atoms with E-state index in [2.05, 4.69) is 20.8 Å². The summed E-state index contributed by atoms with van der Waals surface area (Å²) in [5.74, 6) is 0.289. The van der Waals surface area contributed by atoms with E-state index in [1.165, 1.54) is 6.42 Å². The van der Waals surface area contributed by atoms with Crippen molar-refractivity contribution in [1.29, 1.82) is 0 Å². The lowest BCUT2D eigenvalue weighted by atomic mass is 10.1. The molecule has 2 saturated heterocycles. The number of carbonyl (C=O) groups excluding carboxylic acids is 2. The Hall–Kier alpha value is -1.18. The summed E-state index contributed by atoms with van der Waals surface area (Å²) in [4.78, 5) is 32.2. The van der Waals surface area contributed by atoms with Crippen LogP contribution in [-0.4, -0.2) is 71.8 Å². The van der Waals surface area contributed by atoms with Crippen molar-refractivity contribution < 1.29 is 9.59 Å². The van der Waals surface area contributed by atoms with Gasteiger partial charge < -0.3 is 9.80 Å². The highest BCUT2D eigenvalue weighted by molar-refractivity contribution is 9.11. The number of halogens is 1. The SMILES string of the molecule is CC(C(=O)N1CCCCC1)N1CCN(C(=O)C=Cc2ccc(Br)s2)CC1. The average molecular weight is 440 g/mol. The Labute approximate surface area is 167 Å². The van der Waals surface area contributed by atoms with Crippen molar-refractivity contribution in [3.8, 4) is 0 Å². The maximum Gasteiger partial charge on any atom is 0.246 e. The molecule has 0 spiro atoms. The first kappa shape index (κ1) is 19.6. The Kier molecular flexibility index (Phi) is 6.89.